The van der Waals surface area contributed by atoms with Crippen molar-refractivity contribution in [3.63, 3.8) is 0 Å². The van der Waals surface area contributed by atoms with E-state index in [0.29, 0.717) is 12.3 Å². The predicted molar refractivity (Wildman–Crippen MR) is 61.4 cm³/mol. The van der Waals surface area contributed by atoms with Crippen LogP contribution in [-0.2, 0) is 0 Å². The van der Waals surface area contributed by atoms with Crippen LogP contribution in [0.3, 0.4) is 0 Å². The molecule has 1 aromatic rings. The van der Waals surface area contributed by atoms with Crippen molar-refractivity contribution in [3.05, 3.63) is 23.9 Å². The van der Waals surface area contributed by atoms with Crippen LogP contribution >= 0.6 is 0 Å². The van der Waals surface area contributed by atoms with E-state index in [9.17, 15) is 8.78 Å². The third-order valence-electron chi connectivity index (χ3n) is 3.05. The molecule has 3 nitrogen and oxygen atoms in total. The second-order valence-electron chi connectivity index (χ2n) is 4.60. The SMILES string of the molecule is N#Cc1cccc(OCC2CCCC(F)(F)C2)n1. The van der Waals surface area contributed by atoms with Gasteiger partial charge in [-0.25, -0.2) is 13.8 Å². The van der Waals surface area contributed by atoms with Crippen LogP contribution in [0.5, 0.6) is 5.88 Å². The van der Waals surface area contributed by atoms with Gasteiger partial charge in [-0.1, -0.05) is 6.07 Å². The van der Waals surface area contributed by atoms with Crippen LogP contribution in [0.25, 0.3) is 0 Å². The van der Waals surface area contributed by atoms with E-state index in [1.165, 1.54) is 0 Å². The van der Waals surface area contributed by atoms with Gasteiger partial charge < -0.3 is 4.74 Å². The predicted octanol–water partition coefficient (Wildman–Crippen LogP) is 3.16. The molecule has 0 spiro atoms. The summed E-state index contributed by atoms with van der Waals surface area (Å²) in [5.74, 6) is -2.38. The second kappa shape index (κ2) is 5.30. The fraction of sp³-hybridized carbons (Fsp3) is 0.538. The fourth-order valence-electron chi connectivity index (χ4n) is 2.18. The highest BCUT2D eigenvalue weighted by atomic mass is 19.3. The molecule has 1 fully saturated rings. The molecule has 1 aliphatic carbocycles. The molecule has 0 radical (unpaired) electrons. The highest BCUT2D eigenvalue weighted by molar-refractivity contribution is 5.24. The van der Waals surface area contributed by atoms with Gasteiger partial charge in [-0.15, -0.1) is 0 Å². The molecule has 1 unspecified atom stereocenters. The molecule has 1 saturated carbocycles. The Balaban J connectivity index is 1.89. The first-order chi connectivity index (χ1) is 8.59. The van der Waals surface area contributed by atoms with Gasteiger partial charge in [-0.3, -0.25) is 0 Å². The highest BCUT2D eigenvalue weighted by Gasteiger charge is 2.36. The van der Waals surface area contributed by atoms with Crippen molar-refractivity contribution in [2.24, 2.45) is 5.92 Å². The Morgan fingerprint density at radius 2 is 2.33 bits per heavy atom. The lowest BCUT2D eigenvalue weighted by Gasteiger charge is -2.28. The van der Waals surface area contributed by atoms with Crippen LogP contribution in [-0.4, -0.2) is 17.5 Å². The smallest absolute Gasteiger partial charge is 0.248 e. The van der Waals surface area contributed by atoms with E-state index in [0.717, 1.165) is 6.42 Å². The number of aromatic nitrogens is 1. The molecule has 0 saturated heterocycles. The summed E-state index contributed by atoms with van der Waals surface area (Å²) in [6, 6.07) is 6.77. The second-order valence-corrected chi connectivity index (χ2v) is 4.60. The number of rotatable bonds is 3. The average molecular weight is 252 g/mol. The summed E-state index contributed by atoms with van der Waals surface area (Å²) in [6.45, 7) is 0.234. The minimum atomic E-state index is -2.56. The molecule has 1 aromatic heterocycles. The van der Waals surface area contributed by atoms with Crippen molar-refractivity contribution in [3.8, 4) is 11.9 Å². The van der Waals surface area contributed by atoms with Gasteiger partial charge in [0.05, 0.1) is 6.61 Å². The lowest BCUT2D eigenvalue weighted by Crippen LogP contribution is -2.29. The summed E-state index contributed by atoms with van der Waals surface area (Å²) >= 11 is 0. The van der Waals surface area contributed by atoms with Crippen LogP contribution in [0, 0.1) is 17.2 Å². The quantitative estimate of drug-likeness (QED) is 0.830. The van der Waals surface area contributed by atoms with E-state index < -0.39 is 5.92 Å². The van der Waals surface area contributed by atoms with Gasteiger partial charge in [0, 0.05) is 18.9 Å². The maximum absolute atomic E-state index is 13.2. The molecule has 1 aliphatic rings. The topological polar surface area (TPSA) is 45.9 Å². The number of halogens is 2. The van der Waals surface area contributed by atoms with E-state index in [1.54, 1.807) is 18.2 Å². The molecule has 5 heteroatoms. The van der Waals surface area contributed by atoms with Gasteiger partial charge in [0.1, 0.15) is 11.8 Å². The summed E-state index contributed by atoms with van der Waals surface area (Å²) in [7, 11) is 0. The van der Waals surface area contributed by atoms with Crippen molar-refractivity contribution in [1.29, 1.82) is 5.26 Å². The molecule has 0 amide bonds. The van der Waals surface area contributed by atoms with Gasteiger partial charge in [0.25, 0.3) is 0 Å². The zero-order valence-electron chi connectivity index (χ0n) is 9.90. The average Bonchev–Trinajstić information content (AvgIpc) is 2.35. The monoisotopic (exact) mass is 252 g/mol. The molecule has 18 heavy (non-hydrogen) atoms. The van der Waals surface area contributed by atoms with Crippen molar-refractivity contribution in [2.45, 2.75) is 31.6 Å². The number of nitrogens with zero attached hydrogens (tertiary/aromatic N) is 2. The lowest BCUT2D eigenvalue weighted by atomic mass is 9.87. The number of hydrogen-bond acceptors (Lipinski definition) is 3. The first-order valence-electron chi connectivity index (χ1n) is 5.97. The molecule has 0 aliphatic heterocycles. The Labute approximate surface area is 104 Å². The Bertz CT molecular complexity index is 457. The third kappa shape index (κ3) is 3.39. The number of alkyl halides is 2. The van der Waals surface area contributed by atoms with Gasteiger partial charge in [-0.2, -0.15) is 5.26 Å². The first-order valence-corrected chi connectivity index (χ1v) is 5.97. The minimum absolute atomic E-state index is 0.0222. The molecule has 2 rings (SSSR count). The van der Waals surface area contributed by atoms with E-state index in [2.05, 4.69) is 4.98 Å². The first kappa shape index (κ1) is 12.7. The summed E-state index contributed by atoms with van der Waals surface area (Å²) in [6.07, 6.45) is 1.15. The van der Waals surface area contributed by atoms with Crippen molar-refractivity contribution in [1.82, 2.24) is 4.98 Å². The van der Waals surface area contributed by atoms with Crippen LogP contribution in [0.15, 0.2) is 18.2 Å². The van der Waals surface area contributed by atoms with E-state index >= 15 is 0 Å². The molecule has 96 valence electrons. The number of nitriles is 1. The molecule has 0 aromatic carbocycles. The summed E-state index contributed by atoms with van der Waals surface area (Å²) in [5.41, 5.74) is 0.265. The zero-order valence-corrected chi connectivity index (χ0v) is 9.90. The maximum atomic E-state index is 13.2. The largest absolute Gasteiger partial charge is 0.477 e. The van der Waals surface area contributed by atoms with Gasteiger partial charge in [-0.05, 0) is 24.8 Å². The van der Waals surface area contributed by atoms with Crippen LogP contribution in [0.1, 0.15) is 31.4 Å². The molecular formula is C13H14F2N2O. The third-order valence-corrected chi connectivity index (χ3v) is 3.05. The minimum Gasteiger partial charge on any atom is -0.477 e. The standard InChI is InChI=1S/C13H14F2N2O/c14-13(15)6-2-3-10(7-13)9-18-12-5-1-4-11(8-16)17-12/h1,4-5,10H,2-3,6-7,9H2. The molecule has 0 bridgehead atoms. The summed E-state index contributed by atoms with van der Waals surface area (Å²) < 4.78 is 31.8. The zero-order chi connectivity index (χ0) is 13.0. The van der Waals surface area contributed by atoms with E-state index in [1.807, 2.05) is 6.07 Å². The van der Waals surface area contributed by atoms with Crippen LogP contribution < -0.4 is 4.74 Å². The van der Waals surface area contributed by atoms with E-state index in [-0.39, 0.29) is 31.1 Å². The molecular weight excluding hydrogens is 238 g/mol. The Morgan fingerprint density at radius 1 is 1.50 bits per heavy atom. The van der Waals surface area contributed by atoms with Gasteiger partial charge in [0.15, 0.2) is 0 Å². The van der Waals surface area contributed by atoms with Crippen molar-refractivity contribution in [2.75, 3.05) is 6.61 Å². The van der Waals surface area contributed by atoms with Gasteiger partial charge >= 0.3 is 0 Å². The Morgan fingerprint density at radius 3 is 3.06 bits per heavy atom. The Kier molecular flexibility index (Phi) is 3.75. The summed E-state index contributed by atoms with van der Waals surface area (Å²) in [5, 5.41) is 8.68. The Hall–Kier alpha value is -1.70. The molecule has 1 heterocycles. The van der Waals surface area contributed by atoms with Crippen molar-refractivity contribution < 1.29 is 13.5 Å². The number of ether oxygens (including phenoxy) is 1. The fourth-order valence-corrected chi connectivity index (χ4v) is 2.18. The van der Waals surface area contributed by atoms with Gasteiger partial charge in [0.2, 0.25) is 11.8 Å². The van der Waals surface area contributed by atoms with Crippen molar-refractivity contribution >= 4 is 0 Å². The lowest BCUT2D eigenvalue weighted by molar-refractivity contribution is -0.0587. The number of hydrogen-bond donors (Lipinski definition) is 0. The molecule has 1 atom stereocenters. The van der Waals surface area contributed by atoms with E-state index in [4.69, 9.17) is 10.00 Å². The highest BCUT2D eigenvalue weighted by Crippen LogP contribution is 2.36. The normalized spacial score (nSPS) is 22.2. The van der Waals surface area contributed by atoms with Crippen LogP contribution in [0.2, 0.25) is 0 Å². The number of pyridine rings is 1. The molecule has 0 N–H and O–H groups in total. The maximum Gasteiger partial charge on any atom is 0.248 e. The summed E-state index contributed by atoms with van der Waals surface area (Å²) in [4.78, 5) is 3.94. The van der Waals surface area contributed by atoms with Crippen LogP contribution in [0.4, 0.5) is 8.78 Å².